The van der Waals surface area contributed by atoms with Crippen molar-refractivity contribution in [1.29, 1.82) is 0 Å². The van der Waals surface area contributed by atoms with Crippen molar-refractivity contribution in [2.45, 2.75) is 59.8 Å². The van der Waals surface area contributed by atoms with Gasteiger partial charge in [-0.15, -0.1) is 0 Å². The van der Waals surface area contributed by atoms with E-state index in [-0.39, 0.29) is 11.9 Å². The third-order valence-electron chi connectivity index (χ3n) is 5.40. The lowest BCUT2D eigenvalue weighted by Crippen LogP contribution is -2.34. The molecule has 0 fully saturated rings. The molecule has 0 aromatic heterocycles. The highest BCUT2D eigenvalue weighted by molar-refractivity contribution is 5.92. The predicted molar refractivity (Wildman–Crippen MR) is 101 cm³/mol. The van der Waals surface area contributed by atoms with E-state index in [1.807, 2.05) is 13.8 Å². The molecule has 1 aromatic rings. The van der Waals surface area contributed by atoms with Crippen molar-refractivity contribution in [3.05, 3.63) is 57.9 Å². The highest BCUT2D eigenvalue weighted by atomic mass is 16.5. The maximum atomic E-state index is 12.7. The van der Waals surface area contributed by atoms with Crippen LogP contribution in [0.3, 0.4) is 0 Å². The van der Waals surface area contributed by atoms with Crippen molar-refractivity contribution in [1.82, 2.24) is 5.32 Å². The average Bonchev–Trinajstić information content (AvgIpc) is 2.53. The number of carbonyl (C=O) groups is 1. The van der Waals surface area contributed by atoms with E-state index in [0.29, 0.717) is 12.0 Å². The van der Waals surface area contributed by atoms with E-state index in [0.717, 1.165) is 30.5 Å². The molecule has 0 amide bonds. The number of nitrogens with one attached hydrogen (secondary N) is 1. The van der Waals surface area contributed by atoms with Crippen LogP contribution in [0.15, 0.2) is 46.8 Å². The summed E-state index contributed by atoms with van der Waals surface area (Å²) in [6.07, 6.45) is 3.19. The lowest BCUT2D eigenvalue weighted by molar-refractivity contribution is -0.138. The molecule has 0 radical (unpaired) electrons. The molecule has 1 aliphatic heterocycles. The zero-order valence-corrected chi connectivity index (χ0v) is 16.0. The fraction of sp³-hybridized carbons (Fsp3) is 0.500. The minimum atomic E-state index is -0.200. The monoisotopic (exact) mass is 339 g/mol. The molecule has 134 valence electrons. The van der Waals surface area contributed by atoms with E-state index in [1.165, 1.54) is 22.4 Å². The smallest absolute Gasteiger partial charge is 0.336 e. The van der Waals surface area contributed by atoms with Gasteiger partial charge in [-0.25, -0.2) is 4.79 Å². The minimum absolute atomic E-state index is 0.00648. The van der Waals surface area contributed by atoms with Gasteiger partial charge in [-0.3, -0.25) is 0 Å². The first-order valence-corrected chi connectivity index (χ1v) is 9.26. The van der Waals surface area contributed by atoms with Gasteiger partial charge in [0.05, 0.1) is 12.2 Å². The van der Waals surface area contributed by atoms with E-state index < -0.39 is 0 Å². The Labute approximate surface area is 151 Å². The molecular formula is C22H29NO2. The van der Waals surface area contributed by atoms with Gasteiger partial charge in [0.15, 0.2) is 0 Å². The number of esters is 1. The zero-order chi connectivity index (χ0) is 18.2. The van der Waals surface area contributed by atoms with Crippen molar-refractivity contribution >= 4 is 5.97 Å². The summed E-state index contributed by atoms with van der Waals surface area (Å²) in [6.45, 7) is 11.0. The Hall–Kier alpha value is -2.03. The first kappa shape index (κ1) is 17.8. The maximum Gasteiger partial charge on any atom is 0.336 e. The summed E-state index contributed by atoms with van der Waals surface area (Å²) in [6, 6.07) is 8.56. The molecule has 3 rings (SSSR count). The second-order valence-electron chi connectivity index (χ2n) is 8.07. The number of hydrogen-bond acceptors (Lipinski definition) is 3. The maximum absolute atomic E-state index is 12.7. The van der Waals surface area contributed by atoms with Gasteiger partial charge < -0.3 is 10.1 Å². The molecule has 1 aliphatic carbocycles. The molecule has 3 heteroatoms. The summed E-state index contributed by atoms with van der Waals surface area (Å²) in [5, 5.41) is 3.53. The van der Waals surface area contributed by atoms with Crippen molar-refractivity contribution in [2.24, 2.45) is 5.41 Å². The molecule has 1 aromatic carbocycles. The van der Waals surface area contributed by atoms with Gasteiger partial charge in [-0.2, -0.15) is 0 Å². The number of dihydropyridines is 1. The Morgan fingerprint density at radius 3 is 2.56 bits per heavy atom. The van der Waals surface area contributed by atoms with E-state index in [9.17, 15) is 4.79 Å². The number of carbonyl (C=O) groups excluding carboxylic acids is 1. The molecular weight excluding hydrogens is 310 g/mol. The van der Waals surface area contributed by atoms with Crippen molar-refractivity contribution < 1.29 is 9.53 Å². The van der Waals surface area contributed by atoms with Crippen molar-refractivity contribution in [2.75, 3.05) is 6.61 Å². The molecule has 2 aliphatic rings. The average molecular weight is 339 g/mol. The van der Waals surface area contributed by atoms with Crippen molar-refractivity contribution in [3.8, 4) is 0 Å². The summed E-state index contributed by atoms with van der Waals surface area (Å²) < 4.78 is 5.39. The molecule has 1 unspecified atom stereocenters. The number of rotatable bonds is 3. The number of ether oxygens (including phenoxy) is 1. The van der Waals surface area contributed by atoms with Crippen LogP contribution in [0.25, 0.3) is 0 Å². The summed E-state index contributed by atoms with van der Waals surface area (Å²) in [5.74, 6) is -0.193. The van der Waals surface area contributed by atoms with E-state index in [2.05, 4.69) is 50.4 Å². The van der Waals surface area contributed by atoms with Crippen LogP contribution in [0.4, 0.5) is 0 Å². The van der Waals surface area contributed by atoms with Crippen LogP contribution in [0.5, 0.6) is 0 Å². The Bertz CT molecular complexity index is 738. The number of hydrogen-bond donors (Lipinski definition) is 1. The molecule has 25 heavy (non-hydrogen) atoms. The third-order valence-corrected chi connectivity index (χ3v) is 5.40. The molecule has 0 saturated heterocycles. The first-order chi connectivity index (χ1) is 11.8. The Morgan fingerprint density at radius 1 is 1.24 bits per heavy atom. The number of allylic oxidation sites excluding steroid dienone is 3. The summed E-state index contributed by atoms with van der Waals surface area (Å²) in [5.41, 5.74) is 7.07. The first-order valence-electron chi connectivity index (χ1n) is 9.26. The zero-order valence-electron chi connectivity index (χ0n) is 16.0. The van der Waals surface area contributed by atoms with E-state index in [4.69, 9.17) is 4.74 Å². The van der Waals surface area contributed by atoms with Gasteiger partial charge in [0.1, 0.15) is 0 Å². The van der Waals surface area contributed by atoms with Crippen molar-refractivity contribution in [3.63, 3.8) is 0 Å². The van der Waals surface area contributed by atoms with E-state index >= 15 is 0 Å². The predicted octanol–water partition coefficient (Wildman–Crippen LogP) is 4.98. The molecule has 0 saturated carbocycles. The van der Waals surface area contributed by atoms with Gasteiger partial charge in [0.25, 0.3) is 0 Å². The van der Waals surface area contributed by atoms with Crippen LogP contribution >= 0.6 is 0 Å². The van der Waals surface area contributed by atoms with Gasteiger partial charge in [-0.1, -0.05) is 43.7 Å². The van der Waals surface area contributed by atoms with Gasteiger partial charge in [0, 0.05) is 17.3 Å². The van der Waals surface area contributed by atoms with Gasteiger partial charge >= 0.3 is 5.97 Å². The fourth-order valence-corrected chi connectivity index (χ4v) is 4.04. The lowest BCUT2D eigenvalue weighted by atomic mass is 9.69. The molecule has 0 bridgehead atoms. The highest BCUT2D eigenvalue weighted by Crippen LogP contribution is 2.48. The molecule has 1 N–H and O–H groups in total. The van der Waals surface area contributed by atoms with Crippen LogP contribution in [-0.2, 0) is 9.53 Å². The Morgan fingerprint density at radius 2 is 1.92 bits per heavy atom. The van der Waals surface area contributed by atoms with Crippen LogP contribution in [0.2, 0.25) is 0 Å². The quantitative estimate of drug-likeness (QED) is 0.789. The molecule has 0 spiro atoms. The standard InChI is InChI=1S/C22H29NO2/c1-6-25-21(24)19-15(3)23-18-13-22(4,5)12-11-17(18)20(19)16-9-7-14(2)8-10-16/h7-10,20,23H,6,11-13H2,1-5H3. The Kier molecular flexibility index (Phi) is 4.77. The van der Waals surface area contributed by atoms with Crippen LogP contribution < -0.4 is 5.32 Å². The van der Waals surface area contributed by atoms with Crippen LogP contribution in [0.1, 0.15) is 64.0 Å². The molecule has 3 nitrogen and oxygen atoms in total. The molecule has 1 atom stereocenters. The minimum Gasteiger partial charge on any atom is -0.463 e. The summed E-state index contributed by atoms with van der Waals surface area (Å²) >= 11 is 0. The number of benzene rings is 1. The Balaban J connectivity index is 2.10. The van der Waals surface area contributed by atoms with Gasteiger partial charge in [-0.05, 0) is 56.6 Å². The number of aryl methyl sites for hydroxylation is 1. The topological polar surface area (TPSA) is 38.3 Å². The normalized spacial score (nSPS) is 22.4. The molecule has 1 heterocycles. The van der Waals surface area contributed by atoms with E-state index in [1.54, 1.807) is 0 Å². The van der Waals surface area contributed by atoms with Gasteiger partial charge in [0.2, 0.25) is 0 Å². The third kappa shape index (κ3) is 3.51. The summed E-state index contributed by atoms with van der Waals surface area (Å²) in [4.78, 5) is 12.7. The second kappa shape index (κ2) is 6.70. The fourth-order valence-electron chi connectivity index (χ4n) is 4.04. The van der Waals surface area contributed by atoms with Crippen LogP contribution in [-0.4, -0.2) is 12.6 Å². The summed E-state index contributed by atoms with van der Waals surface area (Å²) in [7, 11) is 0. The van der Waals surface area contributed by atoms with Crippen LogP contribution in [0, 0.1) is 12.3 Å². The highest BCUT2D eigenvalue weighted by Gasteiger charge is 2.38. The lowest BCUT2D eigenvalue weighted by Gasteiger charge is -2.40. The second-order valence-corrected chi connectivity index (χ2v) is 8.07. The largest absolute Gasteiger partial charge is 0.463 e. The SMILES string of the molecule is CCOC(=O)C1=C(C)NC2=C(CCC(C)(C)C2)C1c1ccc(C)cc1.